The van der Waals surface area contributed by atoms with Gasteiger partial charge in [-0.15, -0.1) is 0 Å². The van der Waals surface area contributed by atoms with Crippen LogP contribution in [0.4, 0.5) is 5.69 Å². The van der Waals surface area contributed by atoms with E-state index in [0.717, 1.165) is 70.5 Å². The minimum absolute atomic E-state index is 0.133. The van der Waals surface area contributed by atoms with E-state index < -0.39 is 11.8 Å². The Kier molecular flexibility index (Phi) is 7.92. The maximum absolute atomic E-state index is 11.4. The van der Waals surface area contributed by atoms with Gasteiger partial charge in [0.1, 0.15) is 5.92 Å². The van der Waals surface area contributed by atoms with Gasteiger partial charge in [0, 0.05) is 26.2 Å². The van der Waals surface area contributed by atoms with Crippen LogP contribution in [0.1, 0.15) is 32.1 Å². The van der Waals surface area contributed by atoms with Gasteiger partial charge in [0.25, 0.3) is 0 Å². The average molecular weight is 458 g/mol. The Hall–Kier alpha value is -1.19. The lowest BCUT2D eigenvalue weighted by Crippen LogP contribution is -2.47. The van der Waals surface area contributed by atoms with Crippen LogP contribution in [0.3, 0.4) is 0 Å². The fourth-order valence-corrected chi connectivity index (χ4v) is 5.20. The molecular weight excluding hydrogens is 431 g/mol. The zero-order valence-corrected chi connectivity index (χ0v) is 18.7. The summed E-state index contributed by atoms with van der Waals surface area (Å²) < 4.78 is 0. The summed E-state index contributed by atoms with van der Waals surface area (Å²) in [6.07, 6.45) is 5.17. The van der Waals surface area contributed by atoms with Crippen molar-refractivity contribution in [2.45, 2.75) is 32.1 Å². The standard InChI is InChI=1S/C21H27Cl3N4O/c22-17-5-6-18(20(24)19(17)23)28-11-9-27(10-12-28)8-7-14-1-3-15(4-2-14)16(13-25)21(26)29/h5-6,14-16H,1-4,7-12H2,(H2,26,29). The summed E-state index contributed by atoms with van der Waals surface area (Å²) in [6, 6.07) is 5.82. The molecule has 29 heavy (non-hydrogen) atoms. The molecule has 1 aliphatic carbocycles. The van der Waals surface area contributed by atoms with E-state index in [4.69, 9.17) is 45.8 Å². The van der Waals surface area contributed by atoms with E-state index in [9.17, 15) is 4.79 Å². The Morgan fingerprint density at radius 3 is 2.34 bits per heavy atom. The predicted octanol–water partition coefficient (Wildman–Crippen LogP) is 4.59. The van der Waals surface area contributed by atoms with Gasteiger partial charge < -0.3 is 10.6 Å². The first-order valence-electron chi connectivity index (χ1n) is 10.2. The normalized spacial score (nSPS) is 24.1. The molecule has 1 atom stereocenters. The highest BCUT2D eigenvalue weighted by Gasteiger charge is 2.31. The molecule has 2 aliphatic rings. The maximum atomic E-state index is 11.4. The molecule has 2 N–H and O–H groups in total. The summed E-state index contributed by atoms with van der Waals surface area (Å²) in [5.41, 5.74) is 6.30. The number of rotatable bonds is 6. The molecule has 1 heterocycles. The number of halogens is 3. The minimum atomic E-state index is -0.628. The highest BCUT2D eigenvalue weighted by Crippen LogP contribution is 2.38. The molecule has 1 aromatic rings. The Morgan fingerprint density at radius 1 is 1.10 bits per heavy atom. The zero-order valence-electron chi connectivity index (χ0n) is 16.4. The second-order valence-corrected chi connectivity index (χ2v) is 9.26. The van der Waals surface area contributed by atoms with Crippen LogP contribution in [-0.2, 0) is 4.79 Å². The van der Waals surface area contributed by atoms with E-state index in [2.05, 4.69) is 15.9 Å². The van der Waals surface area contributed by atoms with Crippen LogP contribution >= 0.6 is 34.8 Å². The summed E-state index contributed by atoms with van der Waals surface area (Å²) in [5.74, 6) is -0.303. The number of piperazine rings is 1. The highest BCUT2D eigenvalue weighted by atomic mass is 35.5. The predicted molar refractivity (Wildman–Crippen MR) is 118 cm³/mol. The summed E-state index contributed by atoms with van der Waals surface area (Å²) in [6.45, 7) is 4.88. The largest absolute Gasteiger partial charge is 0.369 e. The van der Waals surface area contributed by atoms with Crippen LogP contribution in [-0.4, -0.2) is 43.5 Å². The Balaban J connectivity index is 1.42. The van der Waals surface area contributed by atoms with Crippen molar-refractivity contribution in [1.29, 1.82) is 5.26 Å². The fourth-order valence-electron chi connectivity index (χ4n) is 4.55. The molecule has 0 spiro atoms. The van der Waals surface area contributed by atoms with Crippen LogP contribution < -0.4 is 10.6 Å². The van der Waals surface area contributed by atoms with Crippen molar-refractivity contribution in [2.75, 3.05) is 37.6 Å². The highest BCUT2D eigenvalue weighted by molar-refractivity contribution is 6.49. The van der Waals surface area contributed by atoms with Gasteiger partial charge in [-0.25, -0.2) is 0 Å². The van der Waals surface area contributed by atoms with E-state index in [0.29, 0.717) is 21.0 Å². The summed E-state index contributed by atoms with van der Waals surface area (Å²) in [4.78, 5) is 16.2. The maximum Gasteiger partial charge on any atom is 0.235 e. The number of carbonyl (C=O) groups is 1. The molecule has 8 heteroatoms. The van der Waals surface area contributed by atoms with E-state index in [1.165, 1.54) is 0 Å². The topological polar surface area (TPSA) is 73.4 Å². The van der Waals surface area contributed by atoms with Crippen LogP contribution in [0.15, 0.2) is 12.1 Å². The first kappa shape index (κ1) is 22.5. The number of carbonyl (C=O) groups excluding carboxylic acids is 1. The average Bonchev–Trinajstić information content (AvgIpc) is 2.72. The molecule has 2 fully saturated rings. The smallest absolute Gasteiger partial charge is 0.235 e. The molecule has 3 rings (SSSR count). The molecule has 1 saturated carbocycles. The van der Waals surface area contributed by atoms with E-state index in [1.807, 2.05) is 6.07 Å². The summed E-state index contributed by atoms with van der Waals surface area (Å²) in [5, 5.41) is 10.6. The van der Waals surface area contributed by atoms with Crippen molar-refractivity contribution in [3.63, 3.8) is 0 Å². The lowest BCUT2D eigenvalue weighted by Gasteiger charge is -2.37. The second kappa shape index (κ2) is 10.2. The third-order valence-electron chi connectivity index (χ3n) is 6.39. The van der Waals surface area contributed by atoms with Gasteiger partial charge in [-0.3, -0.25) is 9.69 Å². The van der Waals surface area contributed by atoms with Crippen molar-refractivity contribution in [3.05, 3.63) is 27.2 Å². The SMILES string of the molecule is N#CC(C(N)=O)C1CCC(CCN2CCN(c3ccc(Cl)c(Cl)c3Cl)CC2)CC1. The van der Waals surface area contributed by atoms with E-state index >= 15 is 0 Å². The molecule has 1 aliphatic heterocycles. The third kappa shape index (κ3) is 5.49. The van der Waals surface area contributed by atoms with Gasteiger partial charge in [0.05, 0.1) is 26.8 Å². The Labute approximate surface area is 187 Å². The molecule has 1 saturated heterocycles. The van der Waals surface area contributed by atoms with Gasteiger partial charge in [-0.1, -0.05) is 47.6 Å². The van der Waals surface area contributed by atoms with Gasteiger partial charge >= 0.3 is 0 Å². The number of nitrogens with two attached hydrogens (primary N) is 1. The first-order valence-corrected chi connectivity index (χ1v) is 11.3. The van der Waals surface area contributed by atoms with Gasteiger partial charge in [0.15, 0.2) is 0 Å². The minimum Gasteiger partial charge on any atom is -0.369 e. The summed E-state index contributed by atoms with van der Waals surface area (Å²) in [7, 11) is 0. The van der Waals surface area contributed by atoms with Crippen molar-refractivity contribution in [1.82, 2.24) is 4.90 Å². The van der Waals surface area contributed by atoms with E-state index in [1.54, 1.807) is 6.07 Å². The first-order chi connectivity index (χ1) is 13.9. The van der Waals surface area contributed by atoms with Gasteiger partial charge in [-0.2, -0.15) is 5.26 Å². The third-order valence-corrected chi connectivity index (χ3v) is 7.67. The molecule has 0 aromatic heterocycles. The van der Waals surface area contributed by atoms with Crippen LogP contribution in [0.2, 0.25) is 15.1 Å². The molecule has 5 nitrogen and oxygen atoms in total. The van der Waals surface area contributed by atoms with E-state index in [-0.39, 0.29) is 5.92 Å². The van der Waals surface area contributed by atoms with Crippen molar-refractivity contribution >= 4 is 46.4 Å². The lowest BCUT2D eigenvalue weighted by molar-refractivity contribution is -0.122. The quantitative estimate of drug-likeness (QED) is 0.634. The number of nitrogens with zero attached hydrogens (tertiary/aromatic N) is 3. The van der Waals surface area contributed by atoms with Crippen LogP contribution in [0.25, 0.3) is 0 Å². The van der Waals surface area contributed by atoms with Gasteiger partial charge in [0.2, 0.25) is 5.91 Å². The molecule has 1 aromatic carbocycles. The van der Waals surface area contributed by atoms with Crippen LogP contribution in [0, 0.1) is 29.1 Å². The molecule has 0 radical (unpaired) electrons. The lowest BCUT2D eigenvalue weighted by atomic mass is 9.75. The Bertz CT molecular complexity index is 766. The molecule has 0 bridgehead atoms. The molecule has 158 valence electrons. The van der Waals surface area contributed by atoms with Gasteiger partial charge in [-0.05, 0) is 49.8 Å². The van der Waals surface area contributed by atoms with Crippen molar-refractivity contribution < 1.29 is 4.79 Å². The summed E-state index contributed by atoms with van der Waals surface area (Å²) >= 11 is 18.6. The Morgan fingerprint density at radius 2 is 1.76 bits per heavy atom. The van der Waals surface area contributed by atoms with Crippen molar-refractivity contribution in [2.24, 2.45) is 23.5 Å². The molecular formula is C21H27Cl3N4O. The number of hydrogen-bond donors (Lipinski definition) is 1. The number of anilines is 1. The number of amides is 1. The molecule has 1 amide bonds. The number of nitriles is 1. The second-order valence-electron chi connectivity index (χ2n) is 8.10. The fraction of sp³-hybridized carbons (Fsp3) is 0.619. The molecule has 1 unspecified atom stereocenters. The van der Waals surface area contributed by atoms with Crippen molar-refractivity contribution in [3.8, 4) is 6.07 Å². The monoisotopic (exact) mass is 456 g/mol. The van der Waals surface area contributed by atoms with Crippen LogP contribution in [0.5, 0.6) is 0 Å². The number of benzene rings is 1. The zero-order chi connectivity index (χ0) is 21.0. The number of primary amides is 1. The number of hydrogen-bond acceptors (Lipinski definition) is 4.